The zero-order valence-corrected chi connectivity index (χ0v) is 18.7. The molecule has 0 saturated carbocycles. The summed E-state index contributed by atoms with van der Waals surface area (Å²) in [5.74, 6) is -4.20. The normalized spacial score (nSPS) is 20.6. The molecule has 4 rings (SSSR count). The molecular formula is C20H23BrF3N5O2. The molecule has 0 radical (unpaired) electrons. The second-order valence-electron chi connectivity index (χ2n) is 8.61. The Kier molecular flexibility index (Phi) is 5.53. The van der Waals surface area contributed by atoms with E-state index in [0.717, 1.165) is 0 Å². The molecule has 0 fully saturated rings. The summed E-state index contributed by atoms with van der Waals surface area (Å²) in [4.78, 5) is 17.8. The number of anilines is 1. The average Bonchev–Trinajstić information content (AvgIpc) is 2.99. The van der Waals surface area contributed by atoms with Crippen LogP contribution in [0.5, 0.6) is 0 Å². The number of nitrogens with one attached hydrogen (secondary N) is 1. The van der Waals surface area contributed by atoms with E-state index in [1.165, 1.54) is 21.8 Å². The number of urea groups is 1. The number of halogens is 4. The van der Waals surface area contributed by atoms with Gasteiger partial charge in [0.1, 0.15) is 10.3 Å². The Balaban J connectivity index is 1.61. The van der Waals surface area contributed by atoms with Gasteiger partial charge in [0.25, 0.3) is 5.92 Å². The Morgan fingerprint density at radius 2 is 2.16 bits per heavy atom. The van der Waals surface area contributed by atoms with Gasteiger partial charge in [-0.15, -0.1) is 0 Å². The molecule has 2 aliphatic heterocycles. The topological polar surface area (TPSA) is 83.3 Å². The molecule has 1 unspecified atom stereocenters. The van der Waals surface area contributed by atoms with E-state index in [9.17, 15) is 14.3 Å². The van der Waals surface area contributed by atoms with E-state index in [2.05, 4.69) is 31.3 Å². The van der Waals surface area contributed by atoms with Crippen LogP contribution in [0.15, 0.2) is 16.9 Å². The zero-order chi connectivity index (χ0) is 22.6. The molecule has 2 aromatic heterocycles. The molecule has 0 aliphatic carbocycles. The molecule has 1 atom stereocenters. The van der Waals surface area contributed by atoms with Crippen LogP contribution in [0.25, 0.3) is 0 Å². The highest BCUT2D eigenvalue weighted by Gasteiger charge is 2.45. The number of aromatic nitrogens is 3. The molecule has 2 amide bonds. The first-order chi connectivity index (χ1) is 14.5. The second-order valence-corrected chi connectivity index (χ2v) is 9.37. The summed E-state index contributed by atoms with van der Waals surface area (Å²) in [5.41, 5.74) is -0.486. The minimum atomic E-state index is -3.12. The van der Waals surface area contributed by atoms with Crippen LogP contribution in [0.2, 0.25) is 0 Å². The quantitative estimate of drug-likeness (QED) is 0.608. The first-order valence-electron chi connectivity index (χ1n) is 10.0. The summed E-state index contributed by atoms with van der Waals surface area (Å²) < 4.78 is 45.6. The first-order valence-corrected chi connectivity index (χ1v) is 10.8. The summed E-state index contributed by atoms with van der Waals surface area (Å²) in [6, 6.07) is 0.735. The van der Waals surface area contributed by atoms with Crippen molar-refractivity contribution in [1.82, 2.24) is 19.7 Å². The first kappa shape index (κ1) is 22.1. The zero-order valence-electron chi connectivity index (χ0n) is 17.1. The van der Waals surface area contributed by atoms with Gasteiger partial charge in [-0.1, -0.05) is 0 Å². The van der Waals surface area contributed by atoms with Crippen LogP contribution in [0, 0.1) is 11.7 Å². The molecule has 2 N–H and O–H groups in total. The van der Waals surface area contributed by atoms with E-state index < -0.39 is 29.8 Å². The van der Waals surface area contributed by atoms with Gasteiger partial charge in [-0.25, -0.2) is 14.2 Å². The van der Waals surface area contributed by atoms with E-state index in [1.54, 1.807) is 13.8 Å². The van der Waals surface area contributed by atoms with Crippen molar-refractivity contribution in [1.29, 1.82) is 0 Å². The number of fused-ring (bicyclic) bond motifs is 3. The standard InChI is InChI=1S/C20H23BrF3N5O2/c1-19(2,31)11-3-6-20(23,24)16-12-10-28(8-5-13(12)27-29(16)9-11)18(30)26-14-4-7-25-17(21)15(14)22/h4,7,11,31H,3,5-6,8-10H2,1-2H3,(H,25,26,30). The fraction of sp³-hybridized carbons (Fsp3) is 0.550. The molecule has 0 bridgehead atoms. The number of alkyl halides is 2. The van der Waals surface area contributed by atoms with Crippen LogP contribution < -0.4 is 5.32 Å². The highest BCUT2D eigenvalue weighted by atomic mass is 79.9. The van der Waals surface area contributed by atoms with E-state index in [1.807, 2.05) is 0 Å². The number of pyridine rings is 1. The summed E-state index contributed by atoms with van der Waals surface area (Å²) in [6.07, 6.45) is 1.42. The monoisotopic (exact) mass is 501 g/mol. The molecule has 0 aromatic carbocycles. The predicted molar refractivity (Wildman–Crippen MR) is 110 cm³/mol. The smallest absolute Gasteiger partial charge is 0.322 e. The Morgan fingerprint density at radius 1 is 1.42 bits per heavy atom. The van der Waals surface area contributed by atoms with Crippen LogP contribution in [-0.2, 0) is 25.4 Å². The minimum Gasteiger partial charge on any atom is -0.390 e. The van der Waals surface area contributed by atoms with Crippen molar-refractivity contribution < 1.29 is 23.1 Å². The minimum absolute atomic E-state index is 0.0332. The molecule has 0 saturated heterocycles. The number of hydrogen-bond acceptors (Lipinski definition) is 4. The number of nitrogens with zero attached hydrogens (tertiary/aromatic N) is 4. The Morgan fingerprint density at radius 3 is 2.87 bits per heavy atom. The number of rotatable bonds is 2. The second kappa shape index (κ2) is 7.77. The van der Waals surface area contributed by atoms with Gasteiger partial charge in [0.15, 0.2) is 5.82 Å². The lowest BCUT2D eigenvalue weighted by Gasteiger charge is -2.28. The van der Waals surface area contributed by atoms with Gasteiger partial charge in [-0.05, 0) is 42.3 Å². The predicted octanol–water partition coefficient (Wildman–Crippen LogP) is 4.04. The third-order valence-corrected chi connectivity index (χ3v) is 6.58. The number of hydrogen-bond donors (Lipinski definition) is 2. The maximum Gasteiger partial charge on any atom is 0.322 e. The largest absolute Gasteiger partial charge is 0.390 e. The van der Waals surface area contributed by atoms with Crippen molar-refractivity contribution in [2.75, 3.05) is 11.9 Å². The molecule has 11 heteroatoms. The summed E-state index contributed by atoms with van der Waals surface area (Å²) in [5, 5.41) is 17.3. The third kappa shape index (κ3) is 4.17. The highest BCUT2D eigenvalue weighted by Crippen LogP contribution is 2.43. The third-order valence-electron chi connectivity index (χ3n) is 6.02. The number of carbonyl (C=O) groups is 1. The molecule has 7 nitrogen and oxygen atoms in total. The van der Waals surface area contributed by atoms with Crippen LogP contribution in [-0.4, -0.2) is 42.9 Å². The van der Waals surface area contributed by atoms with E-state index in [4.69, 9.17) is 0 Å². The van der Waals surface area contributed by atoms with Crippen molar-refractivity contribution in [3.8, 4) is 0 Å². The van der Waals surface area contributed by atoms with Gasteiger partial charge in [-0.3, -0.25) is 4.68 Å². The van der Waals surface area contributed by atoms with Gasteiger partial charge < -0.3 is 15.3 Å². The molecular weight excluding hydrogens is 479 g/mol. The molecule has 2 aromatic rings. The van der Waals surface area contributed by atoms with Crippen LogP contribution in [0.4, 0.5) is 23.7 Å². The van der Waals surface area contributed by atoms with Crippen molar-refractivity contribution in [3.63, 3.8) is 0 Å². The van der Waals surface area contributed by atoms with E-state index >= 15 is 8.78 Å². The number of amides is 2. The molecule has 2 aliphatic rings. The SMILES string of the molecule is CC(C)(O)C1CCC(F)(F)c2c3c(nn2C1)CCN(C(=O)Nc1ccnc(Br)c1F)C3. The Bertz CT molecular complexity index is 1020. The molecule has 31 heavy (non-hydrogen) atoms. The average molecular weight is 502 g/mol. The Labute approximate surface area is 185 Å². The lowest BCUT2D eigenvalue weighted by molar-refractivity contribution is -0.0335. The van der Waals surface area contributed by atoms with Gasteiger partial charge in [0, 0.05) is 43.6 Å². The van der Waals surface area contributed by atoms with Crippen molar-refractivity contribution >= 4 is 27.6 Å². The fourth-order valence-electron chi connectivity index (χ4n) is 4.20. The highest BCUT2D eigenvalue weighted by molar-refractivity contribution is 9.10. The van der Waals surface area contributed by atoms with Crippen molar-refractivity contribution in [2.45, 2.75) is 57.7 Å². The van der Waals surface area contributed by atoms with E-state index in [0.29, 0.717) is 17.7 Å². The van der Waals surface area contributed by atoms with Gasteiger partial charge >= 0.3 is 6.03 Å². The van der Waals surface area contributed by atoms with Gasteiger partial charge in [-0.2, -0.15) is 13.9 Å². The van der Waals surface area contributed by atoms with Crippen molar-refractivity contribution in [2.24, 2.45) is 5.92 Å². The van der Waals surface area contributed by atoms with E-state index in [-0.39, 0.29) is 48.0 Å². The lowest BCUT2D eigenvalue weighted by atomic mass is 9.86. The number of carbonyl (C=O) groups excluding carboxylic acids is 1. The molecule has 168 valence electrons. The van der Waals surface area contributed by atoms with Crippen molar-refractivity contribution in [3.05, 3.63) is 39.6 Å². The van der Waals surface area contributed by atoms with Gasteiger partial charge in [0.05, 0.1) is 23.5 Å². The van der Waals surface area contributed by atoms with Crippen LogP contribution in [0.3, 0.4) is 0 Å². The maximum atomic E-state index is 15.1. The molecule has 0 spiro atoms. The Hall–Kier alpha value is -2.14. The summed E-state index contributed by atoms with van der Waals surface area (Å²) in [6.45, 7) is 3.64. The van der Waals surface area contributed by atoms with Crippen LogP contribution in [0.1, 0.15) is 43.6 Å². The fourth-order valence-corrected chi connectivity index (χ4v) is 4.53. The van der Waals surface area contributed by atoms with Crippen LogP contribution >= 0.6 is 15.9 Å². The summed E-state index contributed by atoms with van der Waals surface area (Å²) in [7, 11) is 0. The number of aliphatic hydroxyl groups is 1. The van der Waals surface area contributed by atoms with Gasteiger partial charge in [0.2, 0.25) is 0 Å². The summed E-state index contributed by atoms with van der Waals surface area (Å²) >= 11 is 2.96. The lowest BCUT2D eigenvalue weighted by Crippen LogP contribution is -2.39. The maximum absolute atomic E-state index is 15.1. The molecule has 4 heterocycles.